The molecule has 0 atom stereocenters. The standard InChI is InChI=1S/C14H23N5O/c1-4-16-13-10-12(2)17-14(18-13)11-19(7-5-6-15)8-9-20-3/h10H,4-5,7-9,11H2,1-3H3,(H,16,17,18). The van der Waals surface area contributed by atoms with Crippen LogP contribution in [0.2, 0.25) is 0 Å². The van der Waals surface area contributed by atoms with E-state index in [1.165, 1.54) is 0 Å². The minimum atomic E-state index is 0.496. The Morgan fingerprint density at radius 2 is 2.20 bits per heavy atom. The molecule has 6 heteroatoms. The summed E-state index contributed by atoms with van der Waals surface area (Å²) in [6.07, 6.45) is 0.496. The van der Waals surface area contributed by atoms with Gasteiger partial charge in [-0.2, -0.15) is 5.26 Å². The fourth-order valence-electron chi connectivity index (χ4n) is 1.87. The van der Waals surface area contributed by atoms with Gasteiger partial charge in [-0.25, -0.2) is 9.97 Å². The fraction of sp³-hybridized carbons (Fsp3) is 0.643. The second-order valence-corrected chi connectivity index (χ2v) is 4.52. The third kappa shape index (κ3) is 5.95. The average molecular weight is 277 g/mol. The van der Waals surface area contributed by atoms with Crippen molar-refractivity contribution in [3.8, 4) is 6.07 Å². The predicted octanol–water partition coefficient (Wildman–Crippen LogP) is 1.58. The van der Waals surface area contributed by atoms with Gasteiger partial charge in [0.15, 0.2) is 0 Å². The first-order valence-corrected chi connectivity index (χ1v) is 6.86. The molecule has 0 aliphatic rings. The molecule has 0 aliphatic carbocycles. The topological polar surface area (TPSA) is 74.1 Å². The Morgan fingerprint density at radius 3 is 2.85 bits per heavy atom. The van der Waals surface area contributed by atoms with Crippen molar-refractivity contribution in [1.82, 2.24) is 14.9 Å². The van der Waals surface area contributed by atoms with Gasteiger partial charge in [0.05, 0.1) is 19.2 Å². The Bertz CT molecular complexity index is 444. The van der Waals surface area contributed by atoms with Gasteiger partial charge in [-0.3, -0.25) is 4.90 Å². The lowest BCUT2D eigenvalue weighted by Gasteiger charge is -2.20. The van der Waals surface area contributed by atoms with E-state index in [1.54, 1.807) is 7.11 Å². The summed E-state index contributed by atoms with van der Waals surface area (Å²) in [5.74, 6) is 1.62. The van der Waals surface area contributed by atoms with Crippen molar-refractivity contribution >= 4 is 5.82 Å². The van der Waals surface area contributed by atoms with E-state index in [9.17, 15) is 0 Å². The SMILES string of the molecule is CCNc1cc(C)nc(CN(CCC#N)CCOC)n1. The van der Waals surface area contributed by atoms with Gasteiger partial charge in [-0.15, -0.1) is 0 Å². The number of hydrogen-bond donors (Lipinski definition) is 1. The van der Waals surface area contributed by atoms with Crippen LogP contribution in [-0.4, -0.2) is 48.2 Å². The zero-order valence-electron chi connectivity index (χ0n) is 12.5. The van der Waals surface area contributed by atoms with Gasteiger partial charge >= 0.3 is 0 Å². The highest BCUT2D eigenvalue weighted by atomic mass is 16.5. The van der Waals surface area contributed by atoms with Crippen LogP contribution in [0, 0.1) is 18.3 Å². The van der Waals surface area contributed by atoms with E-state index >= 15 is 0 Å². The molecule has 110 valence electrons. The van der Waals surface area contributed by atoms with Crippen molar-refractivity contribution in [1.29, 1.82) is 5.26 Å². The molecule has 0 aromatic carbocycles. The van der Waals surface area contributed by atoms with Crippen molar-refractivity contribution in [3.05, 3.63) is 17.6 Å². The van der Waals surface area contributed by atoms with E-state index in [0.29, 0.717) is 26.1 Å². The predicted molar refractivity (Wildman–Crippen MR) is 78.3 cm³/mol. The monoisotopic (exact) mass is 277 g/mol. The summed E-state index contributed by atoms with van der Waals surface area (Å²) in [5.41, 5.74) is 0.943. The molecule has 1 rings (SSSR count). The molecule has 0 fully saturated rings. The van der Waals surface area contributed by atoms with Crippen molar-refractivity contribution in [3.63, 3.8) is 0 Å². The maximum atomic E-state index is 8.72. The number of hydrogen-bond acceptors (Lipinski definition) is 6. The highest BCUT2D eigenvalue weighted by Crippen LogP contribution is 2.08. The lowest BCUT2D eigenvalue weighted by molar-refractivity contribution is 0.144. The molecule has 6 nitrogen and oxygen atoms in total. The molecule has 1 N–H and O–H groups in total. The first-order valence-electron chi connectivity index (χ1n) is 6.86. The summed E-state index contributed by atoms with van der Waals surface area (Å²) >= 11 is 0. The van der Waals surface area contributed by atoms with Crippen molar-refractivity contribution in [2.24, 2.45) is 0 Å². The fourth-order valence-corrected chi connectivity index (χ4v) is 1.87. The Morgan fingerprint density at radius 1 is 1.40 bits per heavy atom. The van der Waals surface area contributed by atoms with Crippen LogP contribution < -0.4 is 5.32 Å². The first-order chi connectivity index (χ1) is 9.69. The molecule has 0 saturated heterocycles. The second kappa shape index (κ2) is 9.23. The molecule has 0 saturated carbocycles. The number of anilines is 1. The highest BCUT2D eigenvalue weighted by Gasteiger charge is 2.09. The van der Waals surface area contributed by atoms with Gasteiger partial charge in [0, 0.05) is 44.9 Å². The Balaban J connectivity index is 2.72. The molecule has 0 amide bonds. The summed E-state index contributed by atoms with van der Waals surface area (Å²) in [5, 5.41) is 11.9. The molecule has 1 heterocycles. The van der Waals surface area contributed by atoms with Crippen LogP contribution in [0.15, 0.2) is 6.07 Å². The van der Waals surface area contributed by atoms with Crippen molar-refractivity contribution < 1.29 is 4.74 Å². The van der Waals surface area contributed by atoms with Gasteiger partial charge in [-0.1, -0.05) is 0 Å². The van der Waals surface area contributed by atoms with E-state index in [0.717, 1.165) is 30.4 Å². The van der Waals surface area contributed by atoms with Crippen LogP contribution in [0.1, 0.15) is 24.9 Å². The summed E-state index contributed by atoms with van der Waals surface area (Å²) < 4.78 is 5.10. The lowest BCUT2D eigenvalue weighted by Crippen LogP contribution is -2.29. The smallest absolute Gasteiger partial charge is 0.144 e. The number of methoxy groups -OCH3 is 1. The second-order valence-electron chi connectivity index (χ2n) is 4.52. The lowest BCUT2D eigenvalue weighted by atomic mass is 10.3. The van der Waals surface area contributed by atoms with Crippen LogP contribution >= 0.6 is 0 Å². The van der Waals surface area contributed by atoms with E-state index in [-0.39, 0.29) is 0 Å². The molecule has 1 aromatic rings. The van der Waals surface area contributed by atoms with Crippen LogP contribution in [0.25, 0.3) is 0 Å². The van der Waals surface area contributed by atoms with Gasteiger partial charge in [-0.05, 0) is 13.8 Å². The number of nitrogens with zero attached hydrogens (tertiary/aromatic N) is 4. The van der Waals surface area contributed by atoms with Gasteiger partial charge < -0.3 is 10.1 Å². The van der Waals surface area contributed by atoms with Gasteiger partial charge in [0.2, 0.25) is 0 Å². The average Bonchev–Trinajstić information content (AvgIpc) is 2.41. The van der Waals surface area contributed by atoms with Crippen LogP contribution in [0.4, 0.5) is 5.82 Å². The molecular formula is C14H23N5O. The molecule has 0 unspecified atom stereocenters. The number of ether oxygens (including phenoxy) is 1. The maximum absolute atomic E-state index is 8.72. The Kier molecular flexibility index (Phi) is 7.55. The summed E-state index contributed by atoms with van der Waals surface area (Å²) in [7, 11) is 1.68. The normalized spacial score (nSPS) is 10.6. The molecule has 0 aliphatic heterocycles. The Labute approximate surface area is 120 Å². The third-order valence-corrected chi connectivity index (χ3v) is 2.77. The summed E-state index contributed by atoms with van der Waals surface area (Å²) in [6.45, 7) is 7.57. The summed E-state index contributed by atoms with van der Waals surface area (Å²) in [4.78, 5) is 11.1. The Hall–Kier alpha value is -1.71. The first kappa shape index (κ1) is 16.3. The van der Waals surface area contributed by atoms with Crippen LogP contribution in [0.5, 0.6) is 0 Å². The summed E-state index contributed by atoms with van der Waals surface area (Å²) in [6, 6.07) is 4.10. The van der Waals surface area contributed by atoms with E-state index in [1.807, 2.05) is 19.9 Å². The quantitative estimate of drug-likeness (QED) is 0.738. The number of aromatic nitrogens is 2. The third-order valence-electron chi connectivity index (χ3n) is 2.77. The molecule has 1 aromatic heterocycles. The number of rotatable bonds is 9. The molecule has 0 radical (unpaired) electrons. The van der Waals surface area contributed by atoms with Crippen molar-refractivity contribution in [2.75, 3.05) is 38.7 Å². The van der Waals surface area contributed by atoms with E-state index < -0.39 is 0 Å². The zero-order chi connectivity index (χ0) is 14.8. The van der Waals surface area contributed by atoms with Crippen LogP contribution in [0.3, 0.4) is 0 Å². The largest absolute Gasteiger partial charge is 0.383 e. The number of nitriles is 1. The van der Waals surface area contributed by atoms with Crippen LogP contribution in [-0.2, 0) is 11.3 Å². The molecule has 0 bridgehead atoms. The number of aryl methyl sites for hydroxylation is 1. The molecular weight excluding hydrogens is 254 g/mol. The van der Waals surface area contributed by atoms with Gasteiger partial charge in [0.1, 0.15) is 11.6 Å². The van der Waals surface area contributed by atoms with E-state index in [2.05, 4.69) is 26.3 Å². The maximum Gasteiger partial charge on any atom is 0.144 e. The van der Waals surface area contributed by atoms with E-state index in [4.69, 9.17) is 10.00 Å². The minimum Gasteiger partial charge on any atom is -0.383 e. The minimum absolute atomic E-state index is 0.496. The van der Waals surface area contributed by atoms with Gasteiger partial charge in [0.25, 0.3) is 0 Å². The molecule has 20 heavy (non-hydrogen) atoms. The zero-order valence-corrected chi connectivity index (χ0v) is 12.5. The molecule has 0 spiro atoms. The highest BCUT2D eigenvalue weighted by molar-refractivity contribution is 5.35. The van der Waals surface area contributed by atoms with Crippen molar-refractivity contribution in [2.45, 2.75) is 26.8 Å². The number of nitrogens with one attached hydrogen (secondary N) is 1.